The summed E-state index contributed by atoms with van der Waals surface area (Å²) in [6.07, 6.45) is 5.26. The van der Waals surface area contributed by atoms with Crippen LogP contribution in [0.3, 0.4) is 0 Å². The highest BCUT2D eigenvalue weighted by Crippen LogP contribution is 2.24. The van der Waals surface area contributed by atoms with Gasteiger partial charge < -0.3 is 4.74 Å². The third-order valence-corrected chi connectivity index (χ3v) is 2.45. The van der Waals surface area contributed by atoms with Crippen molar-refractivity contribution in [2.24, 2.45) is 11.8 Å². The maximum atomic E-state index is 5.54. The molecule has 3 N–H and O–H groups in total. The highest BCUT2D eigenvalue weighted by molar-refractivity contribution is 5.20. The van der Waals surface area contributed by atoms with Crippen LogP contribution >= 0.6 is 0 Å². The molecular formula is C11H20N4O. The molecule has 1 heterocycles. The number of hydrogen-bond donors (Lipinski definition) is 2. The molecule has 0 radical (unpaired) electrons. The predicted molar refractivity (Wildman–Crippen MR) is 62.7 cm³/mol. The Balaban J connectivity index is 2.77. The van der Waals surface area contributed by atoms with E-state index in [1.807, 2.05) is 0 Å². The first-order valence-corrected chi connectivity index (χ1v) is 5.50. The van der Waals surface area contributed by atoms with Gasteiger partial charge in [-0.3, -0.25) is 16.3 Å². The van der Waals surface area contributed by atoms with Crippen LogP contribution in [-0.2, 0) is 0 Å². The number of nitrogens with two attached hydrogens (primary N) is 1. The molecule has 16 heavy (non-hydrogen) atoms. The van der Waals surface area contributed by atoms with E-state index in [2.05, 4.69) is 29.2 Å². The zero-order chi connectivity index (χ0) is 12.0. The van der Waals surface area contributed by atoms with Crippen molar-refractivity contribution in [3.8, 4) is 5.88 Å². The van der Waals surface area contributed by atoms with Crippen molar-refractivity contribution in [2.75, 3.05) is 7.11 Å². The first-order chi connectivity index (χ1) is 7.69. The number of rotatable bonds is 6. The number of methoxy groups -OCH3 is 1. The van der Waals surface area contributed by atoms with Crippen molar-refractivity contribution in [1.29, 1.82) is 0 Å². The first kappa shape index (κ1) is 12.9. The molecule has 1 aromatic heterocycles. The zero-order valence-electron chi connectivity index (χ0n) is 10.1. The smallest absolute Gasteiger partial charge is 0.237 e. The minimum absolute atomic E-state index is 0.00829. The Morgan fingerprint density at radius 1 is 1.31 bits per heavy atom. The molecule has 1 rings (SSSR count). The standard InChI is InChI=1S/C11H20N4O/c1-8(2)4-5-9(15-12)10-11(16-3)14-7-6-13-10/h6-9,15H,4-5,12H2,1-3H3. The molecule has 0 aromatic carbocycles. The predicted octanol–water partition coefficient (Wildman–Crippen LogP) is 1.43. The summed E-state index contributed by atoms with van der Waals surface area (Å²) >= 11 is 0. The van der Waals surface area contributed by atoms with Gasteiger partial charge in [0.1, 0.15) is 5.69 Å². The first-order valence-electron chi connectivity index (χ1n) is 5.50. The summed E-state index contributed by atoms with van der Waals surface area (Å²) in [6, 6.07) is -0.00829. The summed E-state index contributed by atoms with van der Waals surface area (Å²) in [5.41, 5.74) is 3.54. The summed E-state index contributed by atoms with van der Waals surface area (Å²) in [4.78, 5) is 8.38. The van der Waals surface area contributed by atoms with Crippen LogP contribution in [0.25, 0.3) is 0 Å². The van der Waals surface area contributed by atoms with E-state index in [-0.39, 0.29) is 6.04 Å². The molecule has 1 unspecified atom stereocenters. The molecule has 1 aromatic rings. The highest BCUT2D eigenvalue weighted by atomic mass is 16.5. The van der Waals surface area contributed by atoms with Gasteiger partial charge in [0.25, 0.3) is 0 Å². The number of ether oxygens (including phenoxy) is 1. The van der Waals surface area contributed by atoms with Crippen molar-refractivity contribution in [3.63, 3.8) is 0 Å². The Hall–Kier alpha value is -1.20. The van der Waals surface area contributed by atoms with Crippen LogP contribution < -0.4 is 16.0 Å². The second-order valence-electron chi connectivity index (χ2n) is 4.14. The van der Waals surface area contributed by atoms with Crippen molar-refractivity contribution in [3.05, 3.63) is 18.1 Å². The van der Waals surface area contributed by atoms with Gasteiger partial charge in [-0.2, -0.15) is 0 Å². The molecule has 0 bridgehead atoms. The summed E-state index contributed by atoms with van der Waals surface area (Å²) < 4.78 is 5.17. The fourth-order valence-electron chi connectivity index (χ4n) is 1.53. The minimum Gasteiger partial charge on any atom is -0.480 e. The van der Waals surface area contributed by atoms with Crippen LogP contribution in [-0.4, -0.2) is 17.1 Å². The maximum absolute atomic E-state index is 5.54. The third kappa shape index (κ3) is 3.43. The van der Waals surface area contributed by atoms with E-state index in [0.29, 0.717) is 11.8 Å². The molecular weight excluding hydrogens is 204 g/mol. The lowest BCUT2D eigenvalue weighted by Gasteiger charge is -2.17. The second kappa shape index (κ2) is 6.40. The number of hydrogen-bond acceptors (Lipinski definition) is 5. The van der Waals surface area contributed by atoms with E-state index in [1.54, 1.807) is 19.5 Å². The van der Waals surface area contributed by atoms with Gasteiger partial charge in [0, 0.05) is 12.4 Å². The zero-order valence-corrected chi connectivity index (χ0v) is 10.1. The lowest BCUT2D eigenvalue weighted by Crippen LogP contribution is -2.29. The average Bonchev–Trinajstić information content (AvgIpc) is 2.30. The maximum Gasteiger partial charge on any atom is 0.237 e. The summed E-state index contributed by atoms with van der Waals surface area (Å²) in [5.74, 6) is 6.72. The molecule has 0 saturated carbocycles. The quantitative estimate of drug-likeness (QED) is 0.565. The Bertz CT molecular complexity index is 317. The van der Waals surface area contributed by atoms with E-state index in [9.17, 15) is 0 Å². The minimum atomic E-state index is -0.00829. The van der Waals surface area contributed by atoms with Crippen LogP contribution in [0, 0.1) is 5.92 Å². The van der Waals surface area contributed by atoms with Gasteiger partial charge in [0.05, 0.1) is 13.2 Å². The topological polar surface area (TPSA) is 73.1 Å². The van der Waals surface area contributed by atoms with E-state index >= 15 is 0 Å². The normalized spacial score (nSPS) is 12.8. The molecule has 0 fully saturated rings. The SMILES string of the molecule is COc1nccnc1C(CCC(C)C)NN. The van der Waals surface area contributed by atoms with Gasteiger partial charge >= 0.3 is 0 Å². The molecule has 90 valence electrons. The lowest BCUT2D eigenvalue weighted by atomic mass is 10.0. The third-order valence-electron chi connectivity index (χ3n) is 2.45. The summed E-state index contributed by atoms with van der Waals surface area (Å²) in [6.45, 7) is 4.36. The van der Waals surface area contributed by atoms with Gasteiger partial charge in [0.15, 0.2) is 0 Å². The van der Waals surface area contributed by atoms with E-state index in [0.717, 1.165) is 18.5 Å². The lowest BCUT2D eigenvalue weighted by molar-refractivity contribution is 0.367. The van der Waals surface area contributed by atoms with Crippen LogP contribution in [0.5, 0.6) is 5.88 Å². The molecule has 0 spiro atoms. The summed E-state index contributed by atoms with van der Waals surface area (Å²) in [5, 5.41) is 0. The Kier molecular flexibility index (Phi) is 5.14. The van der Waals surface area contributed by atoms with Crippen LogP contribution in [0.2, 0.25) is 0 Å². The Morgan fingerprint density at radius 3 is 2.56 bits per heavy atom. The van der Waals surface area contributed by atoms with Crippen molar-refractivity contribution < 1.29 is 4.74 Å². The van der Waals surface area contributed by atoms with E-state index in [4.69, 9.17) is 10.6 Å². The number of nitrogens with zero attached hydrogens (tertiary/aromatic N) is 2. The van der Waals surface area contributed by atoms with Gasteiger partial charge in [-0.15, -0.1) is 0 Å². The fourth-order valence-corrected chi connectivity index (χ4v) is 1.53. The monoisotopic (exact) mass is 224 g/mol. The van der Waals surface area contributed by atoms with Gasteiger partial charge in [-0.1, -0.05) is 13.8 Å². The molecule has 0 aliphatic heterocycles. The largest absolute Gasteiger partial charge is 0.480 e. The number of hydrazine groups is 1. The number of nitrogens with one attached hydrogen (secondary N) is 1. The van der Waals surface area contributed by atoms with Crippen molar-refractivity contribution >= 4 is 0 Å². The molecule has 0 aliphatic rings. The molecule has 5 nitrogen and oxygen atoms in total. The second-order valence-corrected chi connectivity index (χ2v) is 4.14. The molecule has 0 aliphatic carbocycles. The van der Waals surface area contributed by atoms with E-state index in [1.165, 1.54) is 0 Å². The summed E-state index contributed by atoms with van der Waals surface area (Å²) in [7, 11) is 1.59. The fraction of sp³-hybridized carbons (Fsp3) is 0.636. The highest BCUT2D eigenvalue weighted by Gasteiger charge is 2.17. The Morgan fingerprint density at radius 2 is 2.00 bits per heavy atom. The molecule has 1 atom stereocenters. The van der Waals surface area contributed by atoms with Crippen molar-refractivity contribution in [2.45, 2.75) is 32.7 Å². The average molecular weight is 224 g/mol. The molecule has 5 heteroatoms. The van der Waals surface area contributed by atoms with Gasteiger partial charge in [0.2, 0.25) is 5.88 Å². The van der Waals surface area contributed by atoms with Gasteiger partial charge in [-0.05, 0) is 18.8 Å². The Labute approximate surface area is 96.4 Å². The number of aromatic nitrogens is 2. The van der Waals surface area contributed by atoms with Crippen LogP contribution in [0.15, 0.2) is 12.4 Å². The molecule has 0 amide bonds. The van der Waals surface area contributed by atoms with E-state index < -0.39 is 0 Å². The van der Waals surface area contributed by atoms with Gasteiger partial charge in [-0.25, -0.2) is 4.98 Å². The van der Waals surface area contributed by atoms with Crippen LogP contribution in [0.1, 0.15) is 38.4 Å². The van der Waals surface area contributed by atoms with Crippen LogP contribution in [0.4, 0.5) is 0 Å². The van der Waals surface area contributed by atoms with Crippen molar-refractivity contribution in [1.82, 2.24) is 15.4 Å². The molecule has 0 saturated heterocycles.